The number of methoxy groups -OCH3 is 1. The van der Waals surface area contributed by atoms with Crippen LogP contribution in [0.5, 0.6) is 5.75 Å². The quantitative estimate of drug-likeness (QED) is 0.518. The summed E-state index contributed by atoms with van der Waals surface area (Å²) in [4.78, 5) is 8.90. The van der Waals surface area contributed by atoms with Gasteiger partial charge in [-0.1, -0.05) is 18.2 Å². The van der Waals surface area contributed by atoms with Gasteiger partial charge in [0.05, 0.1) is 24.8 Å². The van der Waals surface area contributed by atoms with Crippen LogP contribution in [0.1, 0.15) is 43.7 Å². The fourth-order valence-electron chi connectivity index (χ4n) is 3.74. The van der Waals surface area contributed by atoms with Gasteiger partial charge in [-0.15, -0.1) is 0 Å². The SMILES string of the molecule is COc1cc(-c2nc(C3C=CC=C(C(F)(F)F)C3)n(C(C)C)n2)ccc1-n1cnc(C)c1. The lowest BCUT2D eigenvalue weighted by Crippen LogP contribution is -2.19. The number of alkyl halides is 3. The van der Waals surface area contributed by atoms with Gasteiger partial charge in [-0.05, 0) is 45.4 Å². The molecule has 9 heteroatoms. The van der Waals surface area contributed by atoms with E-state index in [4.69, 9.17) is 4.74 Å². The monoisotopic (exact) mass is 443 g/mol. The molecule has 1 aromatic carbocycles. The van der Waals surface area contributed by atoms with Gasteiger partial charge in [0.1, 0.15) is 11.6 Å². The van der Waals surface area contributed by atoms with Crippen molar-refractivity contribution in [2.45, 2.75) is 45.3 Å². The van der Waals surface area contributed by atoms with Crippen molar-refractivity contribution in [2.24, 2.45) is 0 Å². The second kappa shape index (κ2) is 8.29. The molecule has 0 N–H and O–H groups in total. The summed E-state index contributed by atoms with van der Waals surface area (Å²) < 4.78 is 48.9. The first kappa shape index (κ1) is 21.9. The summed E-state index contributed by atoms with van der Waals surface area (Å²) in [5.74, 6) is 1.06. The third kappa shape index (κ3) is 4.19. The molecule has 0 radical (unpaired) electrons. The fraction of sp³-hybridized carbons (Fsp3) is 0.348. The van der Waals surface area contributed by atoms with Crippen molar-refractivity contribution in [2.75, 3.05) is 7.11 Å². The van der Waals surface area contributed by atoms with E-state index in [2.05, 4.69) is 15.1 Å². The molecule has 0 amide bonds. The van der Waals surface area contributed by atoms with Crippen LogP contribution in [0.3, 0.4) is 0 Å². The first-order valence-corrected chi connectivity index (χ1v) is 10.3. The second-order valence-electron chi connectivity index (χ2n) is 8.03. The Balaban J connectivity index is 1.71. The molecular formula is C23H24F3N5O. The van der Waals surface area contributed by atoms with Crippen LogP contribution in [-0.4, -0.2) is 37.6 Å². The summed E-state index contributed by atoms with van der Waals surface area (Å²) in [6.45, 7) is 5.76. The van der Waals surface area contributed by atoms with Crippen LogP contribution in [0.25, 0.3) is 17.1 Å². The molecule has 0 saturated carbocycles. The van der Waals surface area contributed by atoms with Crippen molar-refractivity contribution < 1.29 is 17.9 Å². The third-order valence-electron chi connectivity index (χ3n) is 5.35. The zero-order valence-electron chi connectivity index (χ0n) is 18.3. The van der Waals surface area contributed by atoms with Gasteiger partial charge in [0, 0.05) is 29.3 Å². The Morgan fingerprint density at radius 2 is 2.00 bits per heavy atom. The van der Waals surface area contributed by atoms with E-state index in [0.717, 1.165) is 23.0 Å². The molecule has 0 spiro atoms. The minimum Gasteiger partial charge on any atom is -0.495 e. The maximum atomic E-state index is 13.3. The van der Waals surface area contributed by atoms with E-state index in [1.807, 2.05) is 49.7 Å². The Labute approximate surface area is 184 Å². The van der Waals surface area contributed by atoms with Crippen LogP contribution >= 0.6 is 0 Å². The van der Waals surface area contributed by atoms with Gasteiger partial charge in [-0.25, -0.2) is 14.6 Å². The Kier molecular flexibility index (Phi) is 5.66. The van der Waals surface area contributed by atoms with Gasteiger partial charge < -0.3 is 9.30 Å². The van der Waals surface area contributed by atoms with Crippen LogP contribution in [0.15, 0.2) is 54.5 Å². The lowest BCUT2D eigenvalue weighted by Gasteiger charge is -2.21. The number of rotatable bonds is 5. The standard InChI is InChI=1S/C23H24F3N5O/c1-14(2)31-22(17-6-5-7-18(10-17)23(24,25)26)28-21(29-31)16-8-9-19(20(11-16)32-4)30-12-15(3)27-13-30/h5-9,11-14,17H,10H2,1-4H3. The van der Waals surface area contributed by atoms with Crippen molar-refractivity contribution in [3.8, 4) is 22.8 Å². The molecule has 1 aliphatic rings. The predicted molar refractivity (Wildman–Crippen MR) is 115 cm³/mol. The second-order valence-corrected chi connectivity index (χ2v) is 8.03. The zero-order valence-corrected chi connectivity index (χ0v) is 18.3. The number of aromatic nitrogens is 5. The minimum atomic E-state index is -4.36. The molecule has 0 bridgehead atoms. The van der Waals surface area contributed by atoms with Crippen LogP contribution in [0, 0.1) is 6.92 Å². The van der Waals surface area contributed by atoms with Gasteiger partial charge in [-0.3, -0.25) is 0 Å². The predicted octanol–water partition coefficient (Wildman–Crippen LogP) is 5.56. The summed E-state index contributed by atoms with van der Waals surface area (Å²) in [5.41, 5.74) is 1.85. The molecule has 4 rings (SSSR count). The van der Waals surface area contributed by atoms with Crippen molar-refractivity contribution >= 4 is 0 Å². The maximum Gasteiger partial charge on any atom is 0.412 e. The van der Waals surface area contributed by atoms with Gasteiger partial charge in [0.15, 0.2) is 5.82 Å². The fourth-order valence-corrected chi connectivity index (χ4v) is 3.74. The highest BCUT2D eigenvalue weighted by atomic mass is 19.4. The molecule has 3 aromatic rings. The smallest absolute Gasteiger partial charge is 0.412 e. The maximum absolute atomic E-state index is 13.3. The highest BCUT2D eigenvalue weighted by Gasteiger charge is 2.36. The van der Waals surface area contributed by atoms with Crippen LogP contribution in [0.4, 0.5) is 13.2 Å². The summed E-state index contributed by atoms with van der Waals surface area (Å²) >= 11 is 0. The van der Waals surface area contributed by atoms with E-state index in [1.165, 1.54) is 6.08 Å². The van der Waals surface area contributed by atoms with Gasteiger partial charge >= 0.3 is 6.18 Å². The number of imidazole rings is 1. The van der Waals surface area contributed by atoms with Crippen molar-refractivity contribution in [3.05, 3.63) is 66.0 Å². The molecule has 0 saturated heterocycles. The molecule has 1 atom stereocenters. The van der Waals surface area contributed by atoms with Gasteiger partial charge in [0.2, 0.25) is 0 Å². The van der Waals surface area contributed by atoms with E-state index >= 15 is 0 Å². The summed E-state index contributed by atoms with van der Waals surface area (Å²) in [6, 6.07) is 5.52. The molecule has 1 aliphatic carbocycles. The Bertz CT molecular complexity index is 1190. The first-order valence-electron chi connectivity index (χ1n) is 10.3. The average molecular weight is 443 g/mol. The normalized spacial score (nSPS) is 16.5. The van der Waals surface area contributed by atoms with Gasteiger partial charge in [0.25, 0.3) is 0 Å². The molecule has 0 fully saturated rings. The molecule has 2 aromatic heterocycles. The summed E-state index contributed by atoms with van der Waals surface area (Å²) in [6.07, 6.45) is 3.39. The highest BCUT2D eigenvalue weighted by Crippen LogP contribution is 2.38. The van der Waals surface area contributed by atoms with Gasteiger partial charge in [-0.2, -0.15) is 18.3 Å². The number of ether oxygens (including phenoxy) is 1. The molecule has 32 heavy (non-hydrogen) atoms. The third-order valence-corrected chi connectivity index (χ3v) is 5.35. The lowest BCUT2D eigenvalue weighted by molar-refractivity contribution is -0.0945. The van der Waals surface area contributed by atoms with Crippen LogP contribution < -0.4 is 4.74 Å². The zero-order chi connectivity index (χ0) is 23.0. The number of aryl methyl sites for hydroxylation is 1. The summed E-state index contributed by atoms with van der Waals surface area (Å²) in [7, 11) is 1.58. The number of halogens is 3. The van der Waals surface area contributed by atoms with E-state index in [-0.39, 0.29) is 12.5 Å². The molecule has 1 unspecified atom stereocenters. The van der Waals surface area contributed by atoms with E-state index in [0.29, 0.717) is 17.4 Å². The summed E-state index contributed by atoms with van der Waals surface area (Å²) in [5, 5.41) is 4.62. The molecule has 168 valence electrons. The molecule has 6 nitrogen and oxygen atoms in total. The largest absolute Gasteiger partial charge is 0.495 e. The number of benzene rings is 1. The van der Waals surface area contributed by atoms with Crippen molar-refractivity contribution in [3.63, 3.8) is 0 Å². The topological polar surface area (TPSA) is 57.8 Å². The average Bonchev–Trinajstić information content (AvgIpc) is 3.39. The van der Waals surface area contributed by atoms with Crippen LogP contribution in [-0.2, 0) is 0 Å². The first-order chi connectivity index (χ1) is 15.2. The van der Waals surface area contributed by atoms with E-state index in [1.54, 1.807) is 24.2 Å². The molecular weight excluding hydrogens is 419 g/mol. The van der Waals surface area contributed by atoms with Crippen molar-refractivity contribution in [1.29, 1.82) is 0 Å². The molecule has 2 heterocycles. The number of hydrogen-bond donors (Lipinski definition) is 0. The number of hydrogen-bond acceptors (Lipinski definition) is 4. The Hall–Kier alpha value is -3.36. The highest BCUT2D eigenvalue weighted by molar-refractivity contribution is 5.63. The Morgan fingerprint density at radius 1 is 1.22 bits per heavy atom. The number of allylic oxidation sites excluding steroid dienone is 4. The van der Waals surface area contributed by atoms with E-state index < -0.39 is 17.7 Å². The Morgan fingerprint density at radius 3 is 2.62 bits per heavy atom. The molecule has 0 aliphatic heterocycles. The van der Waals surface area contributed by atoms with Crippen molar-refractivity contribution in [1.82, 2.24) is 24.3 Å². The van der Waals surface area contributed by atoms with E-state index in [9.17, 15) is 13.2 Å². The van der Waals surface area contributed by atoms with Crippen LogP contribution in [0.2, 0.25) is 0 Å². The number of nitrogens with zero attached hydrogens (tertiary/aromatic N) is 5. The lowest BCUT2D eigenvalue weighted by atomic mass is 9.93. The minimum absolute atomic E-state index is 0.0602.